The predicted octanol–water partition coefficient (Wildman–Crippen LogP) is 3.63. The van der Waals surface area contributed by atoms with E-state index in [0.29, 0.717) is 6.42 Å². The highest BCUT2D eigenvalue weighted by atomic mass is 16.3. The first-order valence-corrected chi connectivity index (χ1v) is 5.00. The molecule has 0 bridgehead atoms. The molecule has 2 aromatic rings. The third-order valence-corrected chi connectivity index (χ3v) is 2.46. The molecule has 0 amide bonds. The molecular formula is C13H11N2O+. The molecule has 1 N–H and O–H groups in total. The minimum Gasteiger partial charge on any atom is -0.505 e. The zero-order chi connectivity index (χ0) is 11.4. The summed E-state index contributed by atoms with van der Waals surface area (Å²) in [6.07, 6.45) is 1.41. The maximum absolute atomic E-state index is 9.47. The molecule has 0 radical (unpaired) electrons. The largest absolute Gasteiger partial charge is 0.505 e. The molecule has 2 rings (SSSR count). The lowest BCUT2D eigenvalue weighted by Gasteiger charge is -2.04. The van der Waals surface area contributed by atoms with E-state index in [-0.39, 0.29) is 5.76 Å². The maximum atomic E-state index is 9.47. The lowest BCUT2D eigenvalue weighted by atomic mass is 10.0. The fourth-order valence-electron chi connectivity index (χ4n) is 1.75. The van der Waals surface area contributed by atoms with Gasteiger partial charge < -0.3 is 5.11 Å². The highest BCUT2D eigenvalue weighted by Gasteiger charge is 2.05. The van der Waals surface area contributed by atoms with Crippen LogP contribution < -0.4 is 0 Å². The molecule has 0 spiro atoms. The van der Waals surface area contributed by atoms with E-state index >= 15 is 0 Å². The first kappa shape index (κ1) is 10.2. The molecule has 0 saturated carbocycles. The molecule has 0 unspecified atom stereocenters. The van der Waals surface area contributed by atoms with Crippen molar-refractivity contribution < 1.29 is 5.11 Å². The van der Waals surface area contributed by atoms with Crippen LogP contribution in [-0.2, 0) is 6.42 Å². The number of diazo groups is 1. The summed E-state index contributed by atoms with van der Waals surface area (Å²) < 4.78 is 0. The van der Waals surface area contributed by atoms with Crippen LogP contribution in [0.1, 0.15) is 5.56 Å². The summed E-state index contributed by atoms with van der Waals surface area (Å²) in [5, 5.41) is 20.0. The molecule has 2 aromatic carbocycles. The molecule has 0 saturated heterocycles. The number of nitrogens with zero attached hydrogens (tertiary/aromatic N) is 2. The monoisotopic (exact) mass is 211 g/mol. The number of fused-ring (bicyclic) bond motifs is 1. The fraction of sp³-hybridized carbons (Fsp3) is 0.0769. The highest BCUT2D eigenvalue weighted by molar-refractivity contribution is 5.85. The third-order valence-electron chi connectivity index (χ3n) is 2.46. The number of hydrogen-bond acceptors (Lipinski definition) is 2. The van der Waals surface area contributed by atoms with Crippen molar-refractivity contribution in [1.82, 2.24) is 0 Å². The van der Waals surface area contributed by atoms with Gasteiger partial charge in [-0.2, -0.15) is 0 Å². The second kappa shape index (κ2) is 4.45. The van der Waals surface area contributed by atoms with Crippen molar-refractivity contribution in [2.45, 2.75) is 6.42 Å². The second-order valence-corrected chi connectivity index (χ2v) is 3.55. The van der Waals surface area contributed by atoms with Crippen LogP contribution in [0.3, 0.4) is 0 Å². The lowest BCUT2D eigenvalue weighted by molar-refractivity contribution is 0.399. The van der Waals surface area contributed by atoms with E-state index in [1.165, 1.54) is 0 Å². The summed E-state index contributed by atoms with van der Waals surface area (Å²) in [7, 11) is 0. The molecule has 78 valence electrons. The predicted molar refractivity (Wildman–Crippen MR) is 63.4 cm³/mol. The summed E-state index contributed by atoms with van der Waals surface area (Å²) in [5.74, 6) is 0.0406. The Bertz CT molecular complexity index is 576. The molecule has 0 atom stereocenters. The van der Waals surface area contributed by atoms with E-state index in [4.69, 9.17) is 5.39 Å². The van der Waals surface area contributed by atoms with Gasteiger partial charge >= 0.3 is 6.20 Å². The van der Waals surface area contributed by atoms with E-state index in [2.05, 4.69) is 4.98 Å². The van der Waals surface area contributed by atoms with E-state index in [1.54, 1.807) is 0 Å². The number of aliphatic hydroxyl groups excluding tert-OH is 1. The average Bonchev–Trinajstić information content (AvgIpc) is 2.30. The quantitative estimate of drug-likeness (QED) is 0.609. The van der Waals surface area contributed by atoms with Crippen LogP contribution in [-0.4, -0.2) is 5.11 Å². The molecular weight excluding hydrogens is 200 g/mol. The minimum atomic E-state index is 0.0406. The molecule has 0 heterocycles. The molecule has 16 heavy (non-hydrogen) atoms. The molecule has 0 fully saturated rings. The van der Waals surface area contributed by atoms with Crippen LogP contribution in [0.25, 0.3) is 15.7 Å². The van der Waals surface area contributed by atoms with Crippen LogP contribution in [0, 0.1) is 5.39 Å². The SMILES string of the molecule is N#[N+]/C=C(\O)Cc1cccc2ccccc12. The van der Waals surface area contributed by atoms with Gasteiger partial charge in [-0.3, -0.25) is 0 Å². The van der Waals surface area contributed by atoms with E-state index < -0.39 is 0 Å². The fourth-order valence-corrected chi connectivity index (χ4v) is 1.75. The Labute approximate surface area is 93.3 Å². The van der Waals surface area contributed by atoms with Crippen molar-refractivity contribution in [2.24, 2.45) is 0 Å². The summed E-state index contributed by atoms with van der Waals surface area (Å²) in [6.45, 7) is 0. The smallest absolute Gasteiger partial charge is 0.387 e. The summed E-state index contributed by atoms with van der Waals surface area (Å²) >= 11 is 0. The van der Waals surface area contributed by atoms with Gasteiger partial charge in [0.2, 0.25) is 5.39 Å². The standard InChI is InChI=1S/C13H10N2O/c14-15-9-12(16)8-11-6-3-5-10-4-1-2-7-13(10)11/h1-7,9H,8H2/p+1/b12-9-. The number of benzene rings is 2. The Morgan fingerprint density at radius 2 is 1.94 bits per heavy atom. The van der Waals surface area contributed by atoms with Crippen molar-refractivity contribution in [3.05, 3.63) is 65.0 Å². The molecule has 3 nitrogen and oxygen atoms in total. The zero-order valence-electron chi connectivity index (χ0n) is 8.67. The average molecular weight is 211 g/mol. The number of allylic oxidation sites excluding steroid dienone is 1. The van der Waals surface area contributed by atoms with Crippen molar-refractivity contribution in [3.8, 4) is 0 Å². The van der Waals surface area contributed by atoms with Gasteiger partial charge in [0.05, 0.1) is 0 Å². The number of hydrogen-bond donors (Lipinski definition) is 1. The normalized spacial score (nSPS) is 11.3. The first-order valence-electron chi connectivity index (χ1n) is 5.00. The van der Waals surface area contributed by atoms with Crippen LogP contribution in [0.5, 0.6) is 0 Å². The maximum Gasteiger partial charge on any atom is 0.387 e. The molecule has 0 aliphatic carbocycles. The Balaban J connectivity index is 2.46. The Morgan fingerprint density at radius 1 is 1.19 bits per heavy atom. The Hall–Kier alpha value is -2.34. The topological polar surface area (TPSA) is 48.4 Å². The van der Waals surface area contributed by atoms with Crippen LogP contribution in [0.4, 0.5) is 0 Å². The summed E-state index contributed by atoms with van der Waals surface area (Å²) in [5.41, 5.74) is 1.01. The van der Waals surface area contributed by atoms with Crippen molar-refractivity contribution >= 4 is 10.8 Å². The molecule has 3 heteroatoms. The van der Waals surface area contributed by atoms with Gasteiger partial charge in [-0.25, -0.2) is 0 Å². The van der Waals surface area contributed by atoms with E-state index in [9.17, 15) is 5.11 Å². The summed E-state index contributed by atoms with van der Waals surface area (Å²) in [4.78, 5) is 2.80. The van der Waals surface area contributed by atoms with Crippen molar-refractivity contribution in [1.29, 1.82) is 5.39 Å². The van der Waals surface area contributed by atoms with Gasteiger partial charge in [0.15, 0.2) is 10.7 Å². The zero-order valence-corrected chi connectivity index (χ0v) is 8.67. The minimum absolute atomic E-state index is 0.0406. The molecule has 0 aliphatic heterocycles. The van der Waals surface area contributed by atoms with E-state index in [1.807, 2.05) is 42.5 Å². The van der Waals surface area contributed by atoms with Gasteiger partial charge in [-0.1, -0.05) is 42.5 Å². The Kier molecular flexibility index (Phi) is 2.84. The van der Waals surface area contributed by atoms with Crippen LogP contribution >= 0.6 is 0 Å². The second-order valence-electron chi connectivity index (χ2n) is 3.55. The van der Waals surface area contributed by atoms with Crippen LogP contribution in [0.2, 0.25) is 0 Å². The van der Waals surface area contributed by atoms with Gasteiger partial charge in [-0.15, -0.1) is 0 Å². The van der Waals surface area contributed by atoms with Gasteiger partial charge in [0, 0.05) is 6.42 Å². The lowest BCUT2D eigenvalue weighted by Crippen LogP contribution is -1.90. The highest BCUT2D eigenvalue weighted by Crippen LogP contribution is 2.20. The van der Waals surface area contributed by atoms with Gasteiger partial charge in [0.25, 0.3) is 0 Å². The van der Waals surface area contributed by atoms with E-state index in [0.717, 1.165) is 22.5 Å². The Morgan fingerprint density at radius 3 is 2.75 bits per heavy atom. The van der Waals surface area contributed by atoms with Gasteiger partial charge in [0.1, 0.15) is 0 Å². The van der Waals surface area contributed by atoms with Crippen molar-refractivity contribution in [3.63, 3.8) is 0 Å². The first-order chi connectivity index (χ1) is 7.81. The van der Waals surface area contributed by atoms with Crippen molar-refractivity contribution in [2.75, 3.05) is 0 Å². The molecule has 0 aromatic heterocycles. The third kappa shape index (κ3) is 2.01. The number of rotatable bonds is 2. The number of aliphatic hydroxyl groups is 1. The summed E-state index contributed by atoms with van der Waals surface area (Å²) in [6, 6.07) is 13.9. The molecule has 0 aliphatic rings. The van der Waals surface area contributed by atoms with Crippen LogP contribution in [0.15, 0.2) is 54.4 Å². The van der Waals surface area contributed by atoms with Gasteiger partial charge in [-0.05, 0) is 16.3 Å².